The number of carboxylic acids is 1. The molecular formula is C14H23NO3. The molecule has 0 atom stereocenters. The van der Waals surface area contributed by atoms with Crippen molar-refractivity contribution >= 4 is 11.9 Å². The minimum Gasteiger partial charge on any atom is -0.481 e. The summed E-state index contributed by atoms with van der Waals surface area (Å²) in [6, 6.07) is 0. The molecule has 0 aromatic rings. The van der Waals surface area contributed by atoms with Gasteiger partial charge in [0.1, 0.15) is 0 Å². The van der Waals surface area contributed by atoms with Crippen molar-refractivity contribution < 1.29 is 14.7 Å². The van der Waals surface area contributed by atoms with Crippen molar-refractivity contribution in [3.63, 3.8) is 0 Å². The first-order chi connectivity index (χ1) is 8.44. The zero-order chi connectivity index (χ0) is 13.3. The van der Waals surface area contributed by atoms with Crippen molar-refractivity contribution in [2.24, 2.45) is 17.3 Å². The standard InChI is InChI=1S/C14H23NO3/c1-10(2)7-14(5-3-4-6-14)13(18)15-8-11(9-15)12(16)17/h10-11H,3-9H2,1-2H3,(H,16,17). The molecule has 1 aliphatic carbocycles. The van der Waals surface area contributed by atoms with Crippen LogP contribution in [0, 0.1) is 17.3 Å². The average Bonchev–Trinajstić information content (AvgIpc) is 2.63. The second kappa shape index (κ2) is 4.90. The molecule has 0 aromatic carbocycles. The van der Waals surface area contributed by atoms with Gasteiger partial charge >= 0.3 is 5.97 Å². The van der Waals surface area contributed by atoms with E-state index in [9.17, 15) is 9.59 Å². The molecule has 2 aliphatic rings. The van der Waals surface area contributed by atoms with E-state index in [1.165, 1.54) is 0 Å². The highest BCUT2D eigenvalue weighted by atomic mass is 16.4. The lowest BCUT2D eigenvalue weighted by atomic mass is 9.76. The summed E-state index contributed by atoms with van der Waals surface area (Å²) >= 11 is 0. The number of carbonyl (C=O) groups is 2. The van der Waals surface area contributed by atoms with Crippen LogP contribution >= 0.6 is 0 Å². The maximum atomic E-state index is 12.6. The molecule has 1 N–H and O–H groups in total. The molecule has 0 bridgehead atoms. The molecule has 4 heteroatoms. The predicted octanol–water partition coefficient (Wildman–Crippen LogP) is 2.14. The molecule has 4 nitrogen and oxygen atoms in total. The Morgan fingerprint density at radius 2 is 1.83 bits per heavy atom. The third-order valence-electron chi connectivity index (χ3n) is 4.33. The molecule has 18 heavy (non-hydrogen) atoms. The summed E-state index contributed by atoms with van der Waals surface area (Å²) in [7, 11) is 0. The molecule has 1 heterocycles. The number of aliphatic carboxylic acids is 1. The summed E-state index contributed by atoms with van der Waals surface area (Å²) in [6.07, 6.45) is 5.18. The number of likely N-dealkylation sites (tertiary alicyclic amines) is 1. The van der Waals surface area contributed by atoms with Gasteiger partial charge in [-0.2, -0.15) is 0 Å². The van der Waals surface area contributed by atoms with Gasteiger partial charge in [0.2, 0.25) is 5.91 Å². The van der Waals surface area contributed by atoms with Crippen molar-refractivity contribution in [3.8, 4) is 0 Å². The van der Waals surface area contributed by atoms with Crippen LogP contribution in [0.5, 0.6) is 0 Å². The van der Waals surface area contributed by atoms with Gasteiger partial charge in [0.05, 0.1) is 5.92 Å². The minimum absolute atomic E-state index is 0.183. The number of hydrogen-bond acceptors (Lipinski definition) is 2. The summed E-state index contributed by atoms with van der Waals surface area (Å²) in [5.41, 5.74) is -0.183. The van der Waals surface area contributed by atoms with E-state index in [0.29, 0.717) is 19.0 Å². The van der Waals surface area contributed by atoms with E-state index >= 15 is 0 Å². The zero-order valence-corrected chi connectivity index (χ0v) is 11.3. The molecular weight excluding hydrogens is 230 g/mol. The Kier molecular flexibility index (Phi) is 3.64. The maximum absolute atomic E-state index is 12.6. The molecule has 0 unspecified atom stereocenters. The summed E-state index contributed by atoms with van der Waals surface area (Å²) in [5, 5.41) is 8.87. The van der Waals surface area contributed by atoms with Crippen LogP contribution in [0.4, 0.5) is 0 Å². The first kappa shape index (κ1) is 13.4. The van der Waals surface area contributed by atoms with Crippen molar-refractivity contribution in [2.75, 3.05) is 13.1 Å². The Bertz CT molecular complexity index is 339. The smallest absolute Gasteiger partial charge is 0.310 e. The summed E-state index contributed by atoms with van der Waals surface area (Å²) in [4.78, 5) is 25.1. The van der Waals surface area contributed by atoms with Gasteiger partial charge in [-0.3, -0.25) is 9.59 Å². The molecule has 2 fully saturated rings. The van der Waals surface area contributed by atoms with E-state index in [1.807, 2.05) is 0 Å². The molecule has 2 rings (SSSR count). The molecule has 1 saturated carbocycles. The third kappa shape index (κ3) is 2.38. The first-order valence-corrected chi connectivity index (χ1v) is 6.97. The van der Waals surface area contributed by atoms with Gasteiger partial charge in [-0.25, -0.2) is 0 Å². The van der Waals surface area contributed by atoms with Gasteiger partial charge in [0.25, 0.3) is 0 Å². The Hall–Kier alpha value is -1.06. The van der Waals surface area contributed by atoms with Crippen molar-refractivity contribution in [1.29, 1.82) is 0 Å². The van der Waals surface area contributed by atoms with Crippen molar-refractivity contribution in [2.45, 2.75) is 46.0 Å². The summed E-state index contributed by atoms with van der Waals surface area (Å²) < 4.78 is 0. The number of carboxylic acid groups (broad SMARTS) is 1. The Morgan fingerprint density at radius 3 is 2.28 bits per heavy atom. The fraction of sp³-hybridized carbons (Fsp3) is 0.857. The lowest BCUT2D eigenvalue weighted by molar-refractivity contribution is -0.158. The second-order valence-electron chi connectivity index (χ2n) is 6.33. The lowest BCUT2D eigenvalue weighted by Gasteiger charge is -2.43. The van der Waals surface area contributed by atoms with E-state index < -0.39 is 5.97 Å². The molecule has 102 valence electrons. The van der Waals surface area contributed by atoms with E-state index in [0.717, 1.165) is 32.1 Å². The Labute approximate surface area is 108 Å². The Balaban J connectivity index is 2.00. The molecule has 0 spiro atoms. The van der Waals surface area contributed by atoms with Crippen LogP contribution in [0.2, 0.25) is 0 Å². The fourth-order valence-electron chi connectivity index (χ4n) is 3.47. The van der Waals surface area contributed by atoms with Gasteiger partial charge in [-0.05, 0) is 25.2 Å². The monoisotopic (exact) mass is 253 g/mol. The number of carbonyl (C=O) groups excluding carboxylic acids is 1. The highest BCUT2D eigenvalue weighted by Crippen LogP contribution is 2.45. The fourth-order valence-corrected chi connectivity index (χ4v) is 3.47. The van der Waals surface area contributed by atoms with E-state index in [2.05, 4.69) is 13.8 Å². The van der Waals surface area contributed by atoms with Crippen LogP contribution in [0.3, 0.4) is 0 Å². The highest BCUT2D eigenvalue weighted by molar-refractivity contribution is 5.85. The van der Waals surface area contributed by atoms with Crippen molar-refractivity contribution in [1.82, 2.24) is 4.90 Å². The van der Waals surface area contributed by atoms with E-state index in [4.69, 9.17) is 5.11 Å². The Morgan fingerprint density at radius 1 is 1.28 bits per heavy atom. The van der Waals surface area contributed by atoms with E-state index in [-0.39, 0.29) is 17.2 Å². The van der Waals surface area contributed by atoms with Crippen LogP contribution in [0.1, 0.15) is 46.0 Å². The molecule has 1 aliphatic heterocycles. The third-order valence-corrected chi connectivity index (χ3v) is 4.33. The van der Waals surface area contributed by atoms with Crippen LogP contribution in [0.15, 0.2) is 0 Å². The number of rotatable bonds is 4. The van der Waals surface area contributed by atoms with Crippen LogP contribution in [-0.4, -0.2) is 35.0 Å². The quantitative estimate of drug-likeness (QED) is 0.835. The topological polar surface area (TPSA) is 57.6 Å². The van der Waals surface area contributed by atoms with Crippen LogP contribution in [-0.2, 0) is 9.59 Å². The van der Waals surface area contributed by atoms with Gasteiger partial charge in [-0.15, -0.1) is 0 Å². The molecule has 0 radical (unpaired) electrons. The van der Waals surface area contributed by atoms with Crippen LogP contribution < -0.4 is 0 Å². The van der Waals surface area contributed by atoms with Gasteiger partial charge < -0.3 is 10.0 Å². The predicted molar refractivity (Wildman–Crippen MR) is 68.1 cm³/mol. The minimum atomic E-state index is -0.775. The van der Waals surface area contributed by atoms with Gasteiger partial charge in [-0.1, -0.05) is 26.7 Å². The van der Waals surface area contributed by atoms with Gasteiger partial charge in [0.15, 0.2) is 0 Å². The number of amides is 1. The molecule has 0 aromatic heterocycles. The largest absolute Gasteiger partial charge is 0.481 e. The second-order valence-corrected chi connectivity index (χ2v) is 6.33. The lowest BCUT2D eigenvalue weighted by Crippen LogP contribution is -2.57. The molecule has 1 saturated heterocycles. The summed E-state index contributed by atoms with van der Waals surface area (Å²) in [5.74, 6) is -0.385. The van der Waals surface area contributed by atoms with Gasteiger partial charge in [0, 0.05) is 18.5 Å². The first-order valence-electron chi connectivity index (χ1n) is 6.97. The summed E-state index contributed by atoms with van der Waals surface area (Å²) in [6.45, 7) is 5.13. The van der Waals surface area contributed by atoms with Crippen molar-refractivity contribution in [3.05, 3.63) is 0 Å². The van der Waals surface area contributed by atoms with Crippen LogP contribution in [0.25, 0.3) is 0 Å². The highest BCUT2D eigenvalue weighted by Gasteiger charge is 2.47. The normalized spacial score (nSPS) is 23.2. The number of nitrogens with zero attached hydrogens (tertiary/aromatic N) is 1. The maximum Gasteiger partial charge on any atom is 0.310 e. The number of hydrogen-bond donors (Lipinski definition) is 1. The average molecular weight is 253 g/mol. The molecule has 1 amide bonds. The zero-order valence-electron chi connectivity index (χ0n) is 11.3. The van der Waals surface area contributed by atoms with E-state index in [1.54, 1.807) is 4.90 Å². The SMILES string of the molecule is CC(C)CC1(C(=O)N2CC(C(=O)O)C2)CCCC1.